The Bertz CT molecular complexity index is 1510. The van der Waals surface area contributed by atoms with Crippen LogP contribution in [0.1, 0.15) is 58.1 Å². The number of hydrogen-bond donors (Lipinski definition) is 1. The summed E-state index contributed by atoms with van der Waals surface area (Å²) in [6.07, 6.45) is 9.96. The number of hydrogen-bond acceptors (Lipinski definition) is 5. The fraction of sp³-hybridized carbons (Fsp3) is 0.548. The highest BCUT2D eigenvalue weighted by Gasteiger charge is 2.33. The second-order valence-corrected chi connectivity index (χ2v) is 14.7. The van der Waals surface area contributed by atoms with Gasteiger partial charge in [-0.1, -0.05) is 0 Å². The fourth-order valence-electron chi connectivity index (χ4n) is 6.68. The lowest BCUT2D eigenvalue weighted by Gasteiger charge is -2.38. The smallest absolute Gasteiger partial charge is 0.219 e. The first-order chi connectivity index (χ1) is 19.0. The third-order valence-corrected chi connectivity index (χ3v) is 11.5. The summed E-state index contributed by atoms with van der Waals surface area (Å²) in [5, 5.41) is 0.685. The van der Waals surface area contributed by atoms with Crippen molar-refractivity contribution in [3.63, 3.8) is 0 Å². The van der Waals surface area contributed by atoms with E-state index in [1.807, 2.05) is 21.9 Å². The Balaban J connectivity index is 1.41. The summed E-state index contributed by atoms with van der Waals surface area (Å²) < 4.78 is 38.4. The van der Waals surface area contributed by atoms with Gasteiger partial charge < -0.3 is 14.4 Å². The van der Waals surface area contributed by atoms with Crippen LogP contribution in [-0.4, -0.2) is 66.9 Å². The average molecular weight is 568 g/mol. The maximum atomic E-state index is 14.3. The van der Waals surface area contributed by atoms with Crippen molar-refractivity contribution < 1.29 is 13.4 Å². The molecular formula is C31H42FN5O2S. The van der Waals surface area contributed by atoms with Crippen molar-refractivity contribution in [2.75, 3.05) is 26.2 Å². The molecule has 40 heavy (non-hydrogen) atoms. The van der Waals surface area contributed by atoms with Crippen LogP contribution in [0.3, 0.4) is 0 Å². The quantitative estimate of drug-likeness (QED) is 0.391. The van der Waals surface area contributed by atoms with Gasteiger partial charge >= 0.3 is 0 Å². The predicted octanol–water partition coefficient (Wildman–Crippen LogP) is 5.80. The zero-order valence-electron chi connectivity index (χ0n) is 24.3. The molecule has 7 nitrogen and oxygen atoms in total. The van der Waals surface area contributed by atoms with Crippen LogP contribution in [0.2, 0.25) is 0 Å². The van der Waals surface area contributed by atoms with Gasteiger partial charge in [0.15, 0.2) is 0 Å². The van der Waals surface area contributed by atoms with E-state index in [-0.39, 0.29) is 10.8 Å². The number of aromatic nitrogens is 2. The first kappa shape index (κ1) is 28.7. The van der Waals surface area contributed by atoms with Crippen molar-refractivity contribution in [3.05, 3.63) is 53.7 Å². The van der Waals surface area contributed by atoms with Crippen molar-refractivity contribution in [3.8, 4) is 5.69 Å². The van der Waals surface area contributed by atoms with Gasteiger partial charge in [0.05, 0.1) is 32.0 Å². The number of halogens is 1. The summed E-state index contributed by atoms with van der Waals surface area (Å²) in [6, 6.07) is 4.77. The average Bonchev–Trinajstić information content (AvgIpc) is 3.54. The number of nitrogens with one attached hydrogen (secondary N) is 1. The first-order valence-corrected chi connectivity index (χ1v) is 16.1. The van der Waals surface area contributed by atoms with E-state index in [1.54, 1.807) is 26.8 Å². The number of pyridine rings is 1. The van der Waals surface area contributed by atoms with Gasteiger partial charge in [-0.05, 0) is 101 Å². The maximum Gasteiger partial charge on any atom is 0.219 e. The van der Waals surface area contributed by atoms with Crippen molar-refractivity contribution in [1.29, 1.82) is 4.78 Å². The summed E-state index contributed by atoms with van der Waals surface area (Å²) in [4.78, 5) is 21.0. The molecule has 0 spiro atoms. The lowest BCUT2D eigenvalue weighted by Crippen LogP contribution is -2.44. The summed E-state index contributed by atoms with van der Waals surface area (Å²) in [5.74, 6) is 0.814. The van der Waals surface area contributed by atoms with Crippen LogP contribution in [0.15, 0.2) is 41.7 Å². The number of benzene rings is 1. The van der Waals surface area contributed by atoms with Crippen molar-refractivity contribution >= 4 is 26.5 Å². The van der Waals surface area contributed by atoms with Gasteiger partial charge in [-0.15, -0.1) is 0 Å². The van der Waals surface area contributed by atoms with E-state index < -0.39 is 20.8 Å². The minimum absolute atomic E-state index is 0.180. The molecule has 2 saturated heterocycles. The number of rotatable bonds is 7. The molecular weight excluding hydrogens is 525 g/mol. The maximum absolute atomic E-state index is 14.3. The third-order valence-electron chi connectivity index (χ3n) is 9.22. The molecule has 3 atom stereocenters. The third kappa shape index (κ3) is 5.42. The zero-order valence-corrected chi connectivity index (χ0v) is 25.1. The van der Waals surface area contributed by atoms with Gasteiger partial charge in [0.1, 0.15) is 5.82 Å². The van der Waals surface area contributed by atoms with Crippen LogP contribution < -0.4 is 0 Å². The molecule has 5 rings (SSSR count). The van der Waals surface area contributed by atoms with Crippen LogP contribution in [0, 0.1) is 29.4 Å². The van der Waals surface area contributed by atoms with E-state index in [0.29, 0.717) is 23.6 Å². The second kappa shape index (κ2) is 11.2. The Labute approximate surface area is 237 Å². The monoisotopic (exact) mass is 567 g/mol. The molecule has 216 valence electrons. The number of aryl methyl sites for hydroxylation is 1. The minimum Gasteiger partial charge on any atom is -0.343 e. The van der Waals surface area contributed by atoms with E-state index in [1.165, 1.54) is 17.7 Å². The molecule has 0 radical (unpaired) electrons. The highest BCUT2D eigenvalue weighted by molar-refractivity contribution is 7.93. The van der Waals surface area contributed by atoms with Crippen molar-refractivity contribution in [2.24, 2.45) is 11.8 Å². The van der Waals surface area contributed by atoms with Gasteiger partial charge in [0.2, 0.25) is 5.91 Å². The molecule has 1 aromatic carbocycles. The molecule has 2 aromatic heterocycles. The Kier molecular flexibility index (Phi) is 8.08. The number of likely N-dealkylation sites (tertiary alicyclic amines) is 2. The van der Waals surface area contributed by atoms with E-state index in [2.05, 4.69) is 29.9 Å². The fourth-order valence-corrected chi connectivity index (χ4v) is 7.96. The van der Waals surface area contributed by atoms with Gasteiger partial charge in [-0.25, -0.2) is 13.4 Å². The number of nitrogens with zero attached hydrogens (tertiary/aromatic N) is 4. The topological polar surface area (TPSA) is 82.3 Å². The molecule has 3 aromatic rings. The second-order valence-electron chi connectivity index (χ2n) is 12.1. The first-order valence-electron chi connectivity index (χ1n) is 14.5. The van der Waals surface area contributed by atoms with Gasteiger partial charge in [-0.2, -0.15) is 0 Å². The van der Waals surface area contributed by atoms with Gasteiger partial charge in [0, 0.05) is 55.6 Å². The van der Waals surface area contributed by atoms with Crippen LogP contribution in [0.4, 0.5) is 4.39 Å². The molecule has 2 aliphatic rings. The van der Waals surface area contributed by atoms with E-state index in [9.17, 15) is 13.4 Å². The molecule has 1 N–H and O–H groups in total. The molecule has 1 amide bonds. The molecule has 4 heterocycles. The number of carbonyl (C=O) groups excluding carboxylic acids is 1. The summed E-state index contributed by atoms with van der Waals surface area (Å²) in [7, 11) is -3.22. The minimum atomic E-state index is -3.22. The lowest BCUT2D eigenvalue weighted by atomic mass is 9.89. The summed E-state index contributed by atoms with van der Waals surface area (Å²) in [6.45, 7) is 13.4. The lowest BCUT2D eigenvalue weighted by molar-refractivity contribution is -0.130. The normalized spacial score (nSPS) is 21.3. The van der Waals surface area contributed by atoms with E-state index in [4.69, 9.17) is 4.78 Å². The van der Waals surface area contributed by atoms with E-state index in [0.717, 1.165) is 68.3 Å². The van der Waals surface area contributed by atoms with E-state index >= 15 is 0 Å². The summed E-state index contributed by atoms with van der Waals surface area (Å²) >= 11 is 0. The molecule has 0 saturated carbocycles. The number of fused-ring (bicyclic) bond motifs is 1. The molecule has 9 heteroatoms. The Morgan fingerprint density at radius 2 is 1.88 bits per heavy atom. The number of amides is 1. The van der Waals surface area contributed by atoms with Crippen LogP contribution in [0.5, 0.6) is 0 Å². The SMILES string of the molecule is CC(=O)N1CCC([C@@H](C)N2CC[C@@H](Cc3cn(-c4ccc(F)cc4[S@](=N)(=O)C(C)C)c4cncc(C)c34)C2)CC1. The Hall–Kier alpha value is -2.78. The summed E-state index contributed by atoms with van der Waals surface area (Å²) in [5.41, 5.74) is 3.76. The largest absolute Gasteiger partial charge is 0.343 e. The van der Waals surface area contributed by atoms with Crippen LogP contribution >= 0.6 is 0 Å². The van der Waals surface area contributed by atoms with Gasteiger partial charge in [-0.3, -0.25) is 9.78 Å². The van der Waals surface area contributed by atoms with Crippen molar-refractivity contribution in [1.82, 2.24) is 19.4 Å². The van der Waals surface area contributed by atoms with Gasteiger partial charge in [0.25, 0.3) is 0 Å². The zero-order chi connectivity index (χ0) is 28.8. The standard InChI is InChI=1S/C31H42FN5O2S/c1-20(2)40(33,39)30-15-27(32)6-7-28(30)37-19-26(31-21(3)16-34-17-29(31)37)14-24-8-11-36(18-24)22(4)25-9-12-35(13-10-25)23(5)38/h6-7,15-17,19-20,22,24-25,33H,8-14,18H2,1-5H3/t22-,24+,40-/m1/s1. The van der Waals surface area contributed by atoms with Crippen LogP contribution in [0.25, 0.3) is 16.6 Å². The highest BCUT2D eigenvalue weighted by Crippen LogP contribution is 2.35. The Morgan fingerprint density at radius 3 is 2.55 bits per heavy atom. The number of piperidine rings is 1. The van der Waals surface area contributed by atoms with Crippen molar-refractivity contribution in [2.45, 2.75) is 76.5 Å². The molecule has 0 unspecified atom stereocenters. The van der Waals surface area contributed by atoms with Crippen LogP contribution in [-0.2, 0) is 20.9 Å². The molecule has 0 bridgehead atoms. The number of carbonyl (C=O) groups is 1. The predicted molar refractivity (Wildman–Crippen MR) is 158 cm³/mol. The Morgan fingerprint density at radius 1 is 1.15 bits per heavy atom. The molecule has 0 aliphatic carbocycles. The molecule has 2 fully saturated rings. The molecule has 2 aliphatic heterocycles. The highest BCUT2D eigenvalue weighted by atomic mass is 32.2.